The van der Waals surface area contributed by atoms with E-state index in [2.05, 4.69) is 6.92 Å². The molecule has 0 fully saturated rings. The first kappa shape index (κ1) is 14.4. The second kappa shape index (κ2) is 6.28. The van der Waals surface area contributed by atoms with Gasteiger partial charge in [-0.25, -0.2) is 0 Å². The highest BCUT2D eigenvalue weighted by molar-refractivity contribution is 5.96. The molecular weight excluding hydrogens is 226 g/mol. The molecule has 0 spiro atoms. The Labute approximate surface area is 109 Å². The molecule has 0 saturated carbocycles. The first-order valence-electron chi connectivity index (χ1n) is 6.37. The summed E-state index contributed by atoms with van der Waals surface area (Å²) in [6, 6.07) is 5.49. The normalized spacial score (nSPS) is 10.2. The van der Waals surface area contributed by atoms with Gasteiger partial charge in [-0.05, 0) is 31.5 Å². The quantitative estimate of drug-likeness (QED) is 0.814. The van der Waals surface area contributed by atoms with Crippen LogP contribution in [0.1, 0.15) is 30.6 Å². The molecule has 0 unspecified atom stereocenters. The minimum atomic E-state index is 0.0522. The van der Waals surface area contributed by atoms with Gasteiger partial charge in [0.2, 0.25) is 0 Å². The Morgan fingerprint density at radius 1 is 1.28 bits per heavy atom. The fraction of sp³-hybridized carbons (Fsp3) is 0.500. The molecular formula is C14H23N3O. The van der Waals surface area contributed by atoms with Crippen LogP contribution in [0.5, 0.6) is 0 Å². The summed E-state index contributed by atoms with van der Waals surface area (Å²) in [5, 5.41) is 0. The summed E-state index contributed by atoms with van der Waals surface area (Å²) in [7, 11) is 3.87. The summed E-state index contributed by atoms with van der Waals surface area (Å²) in [5.74, 6) is 0.0522. The van der Waals surface area contributed by atoms with E-state index in [4.69, 9.17) is 5.73 Å². The Morgan fingerprint density at radius 2 is 1.94 bits per heavy atom. The molecule has 1 amide bonds. The van der Waals surface area contributed by atoms with E-state index in [0.29, 0.717) is 11.3 Å². The Hall–Kier alpha value is -1.71. The third-order valence-corrected chi connectivity index (χ3v) is 2.92. The summed E-state index contributed by atoms with van der Waals surface area (Å²) in [5.41, 5.74) is 8.20. The minimum absolute atomic E-state index is 0.0522. The van der Waals surface area contributed by atoms with Crippen molar-refractivity contribution in [3.05, 3.63) is 23.8 Å². The Balaban J connectivity index is 2.96. The number of hydrogen-bond acceptors (Lipinski definition) is 3. The van der Waals surface area contributed by atoms with Crippen molar-refractivity contribution >= 4 is 17.3 Å². The van der Waals surface area contributed by atoms with Crippen molar-refractivity contribution in [3.63, 3.8) is 0 Å². The fourth-order valence-electron chi connectivity index (χ4n) is 1.95. The third-order valence-electron chi connectivity index (χ3n) is 2.92. The van der Waals surface area contributed by atoms with E-state index in [-0.39, 0.29) is 5.91 Å². The molecule has 1 aromatic rings. The molecule has 0 saturated heterocycles. The summed E-state index contributed by atoms with van der Waals surface area (Å²) < 4.78 is 0. The zero-order valence-electron chi connectivity index (χ0n) is 11.7. The second-order valence-corrected chi connectivity index (χ2v) is 4.55. The molecule has 0 bridgehead atoms. The van der Waals surface area contributed by atoms with Crippen LogP contribution < -0.4 is 10.6 Å². The summed E-state index contributed by atoms with van der Waals surface area (Å²) in [4.78, 5) is 16.0. The van der Waals surface area contributed by atoms with Crippen LogP contribution >= 0.6 is 0 Å². The molecule has 1 rings (SSSR count). The van der Waals surface area contributed by atoms with Crippen molar-refractivity contribution in [2.75, 3.05) is 37.8 Å². The van der Waals surface area contributed by atoms with Crippen molar-refractivity contribution in [1.82, 2.24) is 4.90 Å². The van der Waals surface area contributed by atoms with E-state index in [0.717, 1.165) is 25.2 Å². The fourth-order valence-corrected chi connectivity index (χ4v) is 1.95. The second-order valence-electron chi connectivity index (χ2n) is 4.55. The SMILES string of the molecule is CCCN(CC)C(=O)c1ccc(N(C)C)c(N)c1. The van der Waals surface area contributed by atoms with Crippen molar-refractivity contribution in [2.24, 2.45) is 0 Å². The van der Waals surface area contributed by atoms with Crippen LogP contribution in [-0.2, 0) is 0 Å². The molecule has 0 aliphatic carbocycles. The summed E-state index contributed by atoms with van der Waals surface area (Å²) in [6.45, 7) is 5.57. The zero-order valence-corrected chi connectivity index (χ0v) is 11.7. The van der Waals surface area contributed by atoms with Crippen LogP contribution in [0, 0.1) is 0 Å². The van der Waals surface area contributed by atoms with Crippen molar-refractivity contribution in [2.45, 2.75) is 20.3 Å². The first-order chi connectivity index (χ1) is 8.51. The van der Waals surface area contributed by atoms with Gasteiger partial charge in [0.1, 0.15) is 0 Å². The number of nitrogens with zero attached hydrogens (tertiary/aromatic N) is 2. The predicted octanol–water partition coefficient (Wildman–Crippen LogP) is 2.21. The molecule has 0 aliphatic heterocycles. The van der Waals surface area contributed by atoms with Crippen LogP contribution in [0.2, 0.25) is 0 Å². The van der Waals surface area contributed by atoms with Crippen LogP contribution in [-0.4, -0.2) is 38.0 Å². The maximum Gasteiger partial charge on any atom is 0.253 e. The predicted molar refractivity (Wildman–Crippen MR) is 77.0 cm³/mol. The number of anilines is 2. The summed E-state index contributed by atoms with van der Waals surface area (Å²) in [6.07, 6.45) is 0.963. The average molecular weight is 249 g/mol. The molecule has 1 aromatic carbocycles. The zero-order chi connectivity index (χ0) is 13.7. The van der Waals surface area contributed by atoms with E-state index >= 15 is 0 Å². The topological polar surface area (TPSA) is 49.6 Å². The van der Waals surface area contributed by atoms with Gasteiger partial charge in [-0.3, -0.25) is 4.79 Å². The highest BCUT2D eigenvalue weighted by Gasteiger charge is 2.14. The highest BCUT2D eigenvalue weighted by Crippen LogP contribution is 2.23. The van der Waals surface area contributed by atoms with Gasteiger partial charge >= 0.3 is 0 Å². The van der Waals surface area contributed by atoms with Gasteiger partial charge in [-0.2, -0.15) is 0 Å². The van der Waals surface area contributed by atoms with Gasteiger partial charge in [0.25, 0.3) is 5.91 Å². The Morgan fingerprint density at radius 3 is 2.39 bits per heavy atom. The van der Waals surface area contributed by atoms with Crippen LogP contribution in [0.3, 0.4) is 0 Å². The molecule has 4 nitrogen and oxygen atoms in total. The maximum atomic E-state index is 12.3. The number of carbonyl (C=O) groups is 1. The van der Waals surface area contributed by atoms with Crippen molar-refractivity contribution in [3.8, 4) is 0 Å². The molecule has 2 N–H and O–H groups in total. The lowest BCUT2D eigenvalue weighted by molar-refractivity contribution is 0.0764. The number of benzene rings is 1. The number of carbonyl (C=O) groups excluding carboxylic acids is 1. The van der Waals surface area contributed by atoms with Crippen molar-refractivity contribution < 1.29 is 4.79 Å². The van der Waals surface area contributed by atoms with Crippen LogP contribution in [0.25, 0.3) is 0 Å². The van der Waals surface area contributed by atoms with E-state index in [1.165, 1.54) is 0 Å². The van der Waals surface area contributed by atoms with E-state index in [1.807, 2.05) is 43.0 Å². The number of nitrogens with two attached hydrogens (primary N) is 1. The molecule has 100 valence electrons. The average Bonchev–Trinajstić information content (AvgIpc) is 2.34. The molecule has 0 radical (unpaired) electrons. The van der Waals surface area contributed by atoms with E-state index < -0.39 is 0 Å². The minimum Gasteiger partial charge on any atom is -0.397 e. The number of hydrogen-bond donors (Lipinski definition) is 1. The van der Waals surface area contributed by atoms with Crippen molar-refractivity contribution in [1.29, 1.82) is 0 Å². The lowest BCUT2D eigenvalue weighted by Gasteiger charge is -2.21. The molecule has 0 aliphatic rings. The van der Waals surface area contributed by atoms with Gasteiger partial charge < -0.3 is 15.5 Å². The molecule has 0 aromatic heterocycles. The lowest BCUT2D eigenvalue weighted by atomic mass is 10.1. The van der Waals surface area contributed by atoms with Crippen LogP contribution in [0.15, 0.2) is 18.2 Å². The van der Waals surface area contributed by atoms with E-state index in [1.54, 1.807) is 6.07 Å². The van der Waals surface area contributed by atoms with Gasteiger partial charge in [0, 0.05) is 32.7 Å². The Kier molecular flexibility index (Phi) is 5.01. The van der Waals surface area contributed by atoms with Crippen LogP contribution in [0.4, 0.5) is 11.4 Å². The number of amides is 1. The molecule has 0 atom stereocenters. The van der Waals surface area contributed by atoms with Gasteiger partial charge in [-0.15, -0.1) is 0 Å². The molecule has 18 heavy (non-hydrogen) atoms. The third kappa shape index (κ3) is 3.15. The van der Waals surface area contributed by atoms with Gasteiger partial charge in [-0.1, -0.05) is 6.92 Å². The smallest absolute Gasteiger partial charge is 0.253 e. The van der Waals surface area contributed by atoms with Gasteiger partial charge in [0.05, 0.1) is 11.4 Å². The highest BCUT2D eigenvalue weighted by atomic mass is 16.2. The van der Waals surface area contributed by atoms with Gasteiger partial charge in [0.15, 0.2) is 0 Å². The van der Waals surface area contributed by atoms with E-state index in [9.17, 15) is 4.79 Å². The largest absolute Gasteiger partial charge is 0.397 e. The Bertz CT molecular complexity index is 416. The number of nitrogen functional groups attached to an aromatic ring is 1. The maximum absolute atomic E-state index is 12.3. The summed E-state index contributed by atoms with van der Waals surface area (Å²) >= 11 is 0. The molecule has 4 heteroatoms. The standard InChI is InChI=1S/C14H23N3O/c1-5-9-17(6-2)14(18)11-7-8-13(16(3)4)12(15)10-11/h7-8,10H,5-6,9,15H2,1-4H3. The number of rotatable bonds is 5. The monoisotopic (exact) mass is 249 g/mol. The molecule has 0 heterocycles. The lowest BCUT2D eigenvalue weighted by Crippen LogP contribution is -2.31. The first-order valence-corrected chi connectivity index (χ1v) is 6.37.